The summed E-state index contributed by atoms with van der Waals surface area (Å²) in [5, 5.41) is 4.34. The second-order valence-corrected chi connectivity index (χ2v) is 5.61. The molecule has 0 saturated heterocycles. The third-order valence-electron chi connectivity index (χ3n) is 2.70. The fourth-order valence-corrected chi connectivity index (χ4v) is 2.52. The van der Waals surface area contributed by atoms with Crippen molar-refractivity contribution < 1.29 is 4.74 Å². The van der Waals surface area contributed by atoms with Crippen LogP contribution in [0.5, 0.6) is 5.75 Å². The number of hydrogen-bond acceptors (Lipinski definition) is 3. The van der Waals surface area contributed by atoms with Crippen molar-refractivity contribution >= 4 is 27.7 Å². The van der Waals surface area contributed by atoms with Crippen molar-refractivity contribution in [3.8, 4) is 5.75 Å². The molecular formula is C13H15BrN2OS. The molecule has 0 unspecified atom stereocenters. The summed E-state index contributed by atoms with van der Waals surface area (Å²) in [4.78, 5) is 1.24. The Morgan fingerprint density at radius 2 is 2.00 bits per heavy atom. The summed E-state index contributed by atoms with van der Waals surface area (Å²) >= 11 is 5.25. The van der Waals surface area contributed by atoms with Crippen LogP contribution in [0.15, 0.2) is 33.6 Å². The normalized spacial score (nSPS) is 10.7. The summed E-state index contributed by atoms with van der Waals surface area (Å²) in [5.74, 6) is 0.874. The average Bonchev–Trinajstić information content (AvgIpc) is 2.62. The maximum Gasteiger partial charge on any atom is 0.131 e. The van der Waals surface area contributed by atoms with E-state index in [2.05, 4.69) is 39.4 Å². The lowest BCUT2D eigenvalue weighted by atomic mass is 10.3. The van der Waals surface area contributed by atoms with Gasteiger partial charge in [0.05, 0.1) is 15.9 Å². The largest absolute Gasteiger partial charge is 0.487 e. The molecule has 0 bridgehead atoms. The second-order valence-electron chi connectivity index (χ2n) is 3.93. The first kappa shape index (κ1) is 13.5. The predicted molar refractivity (Wildman–Crippen MR) is 78.2 cm³/mol. The number of benzene rings is 1. The highest BCUT2D eigenvalue weighted by Gasteiger charge is 2.10. The van der Waals surface area contributed by atoms with E-state index in [4.69, 9.17) is 4.74 Å². The van der Waals surface area contributed by atoms with E-state index in [9.17, 15) is 0 Å². The van der Waals surface area contributed by atoms with Gasteiger partial charge in [0.1, 0.15) is 12.4 Å². The van der Waals surface area contributed by atoms with Gasteiger partial charge >= 0.3 is 0 Å². The zero-order chi connectivity index (χ0) is 13.1. The highest BCUT2D eigenvalue weighted by atomic mass is 79.9. The molecule has 0 saturated carbocycles. The molecule has 0 radical (unpaired) electrons. The summed E-state index contributed by atoms with van der Waals surface area (Å²) < 4.78 is 8.63. The first-order valence-electron chi connectivity index (χ1n) is 5.56. The summed E-state index contributed by atoms with van der Waals surface area (Å²) in [5.41, 5.74) is 2.02. The van der Waals surface area contributed by atoms with Crippen LogP contribution in [0, 0.1) is 6.92 Å². The van der Waals surface area contributed by atoms with E-state index in [-0.39, 0.29) is 0 Å². The Bertz CT molecular complexity index is 537. The van der Waals surface area contributed by atoms with Crippen LogP contribution in [0.1, 0.15) is 11.4 Å². The molecule has 0 amide bonds. The van der Waals surface area contributed by atoms with Gasteiger partial charge in [-0.25, -0.2) is 0 Å². The van der Waals surface area contributed by atoms with Crippen LogP contribution in [-0.2, 0) is 13.7 Å². The zero-order valence-electron chi connectivity index (χ0n) is 10.6. The fraction of sp³-hybridized carbons (Fsp3) is 0.308. The Balaban J connectivity index is 2.06. The molecule has 96 valence electrons. The zero-order valence-corrected chi connectivity index (χ0v) is 13.0. The van der Waals surface area contributed by atoms with E-state index >= 15 is 0 Å². The topological polar surface area (TPSA) is 27.1 Å². The number of rotatable bonds is 4. The lowest BCUT2D eigenvalue weighted by Crippen LogP contribution is -2.03. The van der Waals surface area contributed by atoms with Crippen LogP contribution >= 0.6 is 27.7 Å². The van der Waals surface area contributed by atoms with Crippen LogP contribution in [0.25, 0.3) is 0 Å². The minimum Gasteiger partial charge on any atom is -0.487 e. The van der Waals surface area contributed by atoms with Crippen LogP contribution in [0.4, 0.5) is 0 Å². The predicted octanol–water partition coefficient (Wildman–Crippen LogP) is 3.79. The van der Waals surface area contributed by atoms with Crippen molar-refractivity contribution in [2.45, 2.75) is 18.4 Å². The second kappa shape index (κ2) is 5.80. The maximum atomic E-state index is 5.77. The third-order valence-corrected chi connectivity index (χ3v) is 4.47. The Hall–Kier alpha value is -0.940. The molecule has 1 heterocycles. The Labute approximate surface area is 120 Å². The standard InChI is InChI=1S/C13H15BrN2OS/c1-9-13(14)12(16(2)15-9)8-17-10-4-6-11(18-3)7-5-10/h4-7H,8H2,1-3H3. The van der Waals surface area contributed by atoms with Gasteiger partial charge < -0.3 is 4.74 Å². The molecule has 3 nitrogen and oxygen atoms in total. The van der Waals surface area contributed by atoms with Crippen molar-refractivity contribution in [3.05, 3.63) is 40.1 Å². The van der Waals surface area contributed by atoms with Gasteiger partial charge in [-0.05, 0) is 53.4 Å². The molecular weight excluding hydrogens is 312 g/mol. The lowest BCUT2D eigenvalue weighted by molar-refractivity contribution is 0.294. The third kappa shape index (κ3) is 2.90. The first-order chi connectivity index (χ1) is 8.61. The monoisotopic (exact) mass is 326 g/mol. The first-order valence-corrected chi connectivity index (χ1v) is 7.58. The summed E-state index contributed by atoms with van der Waals surface area (Å²) in [6, 6.07) is 8.10. The van der Waals surface area contributed by atoms with Crippen molar-refractivity contribution in [1.82, 2.24) is 9.78 Å². The average molecular weight is 327 g/mol. The smallest absolute Gasteiger partial charge is 0.131 e. The van der Waals surface area contributed by atoms with Gasteiger partial charge in [0.25, 0.3) is 0 Å². The lowest BCUT2D eigenvalue weighted by Gasteiger charge is -2.07. The molecule has 0 aliphatic carbocycles. The minimum absolute atomic E-state index is 0.510. The minimum atomic E-state index is 0.510. The van der Waals surface area contributed by atoms with Crippen LogP contribution in [0.3, 0.4) is 0 Å². The van der Waals surface area contributed by atoms with E-state index in [1.807, 2.05) is 30.8 Å². The Morgan fingerprint density at radius 1 is 1.33 bits per heavy atom. The number of aromatic nitrogens is 2. The van der Waals surface area contributed by atoms with Crippen molar-refractivity contribution in [3.63, 3.8) is 0 Å². The number of aryl methyl sites for hydroxylation is 2. The Kier molecular flexibility index (Phi) is 4.35. The van der Waals surface area contributed by atoms with Crippen molar-refractivity contribution in [2.24, 2.45) is 7.05 Å². The number of halogens is 1. The quantitative estimate of drug-likeness (QED) is 0.800. The van der Waals surface area contributed by atoms with Crippen molar-refractivity contribution in [2.75, 3.05) is 6.26 Å². The van der Waals surface area contributed by atoms with E-state index < -0.39 is 0 Å². The van der Waals surface area contributed by atoms with E-state index in [1.165, 1.54) is 4.90 Å². The SMILES string of the molecule is CSc1ccc(OCc2c(Br)c(C)nn2C)cc1. The highest BCUT2D eigenvalue weighted by molar-refractivity contribution is 9.10. The van der Waals surface area contributed by atoms with Gasteiger partial charge in [-0.1, -0.05) is 0 Å². The number of hydrogen-bond donors (Lipinski definition) is 0. The van der Waals surface area contributed by atoms with Crippen LogP contribution < -0.4 is 4.74 Å². The van der Waals surface area contributed by atoms with E-state index in [1.54, 1.807) is 11.8 Å². The van der Waals surface area contributed by atoms with Gasteiger partial charge in [-0.2, -0.15) is 5.10 Å². The molecule has 0 spiro atoms. The molecule has 1 aromatic heterocycles. The molecule has 0 N–H and O–H groups in total. The molecule has 0 aliphatic rings. The van der Waals surface area contributed by atoms with E-state index in [0.717, 1.165) is 21.6 Å². The molecule has 0 aliphatic heterocycles. The molecule has 0 fully saturated rings. The van der Waals surface area contributed by atoms with Gasteiger partial charge in [0.2, 0.25) is 0 Å². The number of nitrogens with zero attached hydrogens (tertiary/aromatic N) is 2. The van der Waals surface area contributed by atoms with Gasteiger partial charge in [-0.15, -0.1) is 11.8 Å². The highest BCUT2D eigenvalue weighted by Crippen LogP contribution is 2.23. The molecule has 1 aromatic carbocycles. The van der Waals surface area contributed by atoms with Gasteiger partial charge in [0, 0.05) is 11.9 Å². The van der Waals surface area contributed by atoms with Gasteiger partial charge in [0.15, 0.2) is 0 Å². The van der Waals surface area contributed by atoms with Crippen molar-refractivity contribution in [1.29, 1.82) is 0 Å². The number of thioether (sulfide) groups is 1. The molecule has 5 heteroatoms. The maximum absolute atomic E-state index is 5.77. The number of ether oxygens (including phenoxy) is 1. The molecule has 18 heavy (non-hydrogen) atoms. The van der Waals surface area contributed by atoms with Crippen LogP contribution in [-0.4, -0.2) is 16.0 Å². The van der Waals surface area contributed by atoms with E-state index in [0.29, 0.717) is 6.61 Å². The molecule has 2 aromatic rings. The fourth-order valence-electron chi connectivity index (χ4n) is 1.66. The van der Waals surface area contributed by atoms with Crippen LogP contribution in [0.2, 0.25) is 0 Å². The molecule has 0 atom stereocenters. The summed E-state index contributed by atoms with van der Waals surface area (Å²) in [7, 11) is 1.92. The molecule has 2 rings (SSSR count). The van der Waals surface area contributed by atoms with Gasteiger partial charge in [-0.3, -0.25) is 4.68 Å². The summed E-state index contributed by atoms with van der Waals surface area (Å²) in [6.45, 7) is 2.48. The summed E-state index contributed by atoms with van der Waals surface area (Å²) in [6.07, 6.45) is 2.06. The Morgan fingerprint density at radius 3 is 2.50 bits per heavy atom.